The number of hydrogen-bond acceptors (Lipinski definition) is 2. The third kappa shape index (κ3) is 5.64. The van der Waals surface area contributed by atoms with Gasteiger partial charge in [0.2, 0.25) is 0 Å². The van der Waals surface area contributed by atoms with Crippen LogP contribution in [0.2, 0.25) is 0 Å². The molecule has 0 radical (unpaired) electrons. The first-order chi connectivity index (χ1) is 10.8. The second kappa shape index (κ2) is 8.93. The predicted molar refractivity (Wildman–Crippen MR) is 91.0 cm³/mol. The monoisotopic (exact) mass is 299 g/mol. The highest BCUT2D eigenvalue weighted by Gasteiger charge is 2.00. The number of aliphatic imine (C=N–C) groups is 1. The van der Waals surface area contributed by atoms with Gasteiger partial charge in [0.15, 0.2) is 5.96 Å². The van der Waals surface area contributed by atoms with E-state index in [4.69, 9.17) is 4.42 Å². The van der Waals surface area contributed by atoms with Gasteiger partial charge >= 0.3 is 0 Å². The van der Waals surface area contributed by atoms with E-state index in [1.165, 1.54) is 11.1 Å². The molecule has 1 heterocycles. The zero-order valence-corrected chi connectivity index (χ0v) is 13.4. The zero-order valence-electron chi connectivity index (χ0n) is 13.4. The summed E-state index contributed by atoms with van der Waals surface area (Å²) in [4.78, 5) is 4.64. The van der Waals surface area contributed by atoms with Crippen LogP contribution in [0.1, 0.15) is 30.2 Å². The van der Waals surface area contributed by atoms with Crippen LogP contribution in [0.25, 0.3) is 0 Å². The van der Waals surface area contributed by atoms with Gasteiger partial charge in [-0.15, -0.1) is 0 Å². The van der Waals surface area contributed by atoms with E-state index in [2.05, 4.69) is 53.7 Å². The van der Waals surface area contributed by atoms with Gasteiger partial charge < -0.3 is 15.1 Å². The first kappa shape index (κ1) is 16.1. The van der Waals surface area contributed by atoms with Crippen molar-refractivity contribution in [3.63, 3.8) is 0 Å². The Hall–Kier alpha value is -2.23. The maximum Gasteiger partial charge on any atom is 0.191 e. The Morgan fingerprint density at radius 1 is 1.09 bits per heavy atom. The van der Waals surface area contributed by atoms with Gasteiger partial charge in [-0.1, -0.05) is 36.8 Å². The standard InChI is InChI=1S/C18H25N3O/c1-3-11-19-18(20-12-10-17-5-4-13-22-17)21-14-16-8-6-15(2)7-9-16/h4-9,13H,3,10-12,14H2,1-2H3,(H2,19,20,21). The van der Waals surface area contributed by atoms with Gasteiger partial charge in [0.25, 0.3) is 0 Å². The average molecular weight is 299 g/mol. The lowest BCUT2D eigenvalue weighted by molar-refractivity contribution is 0.506. The Morgan fingerprint density at radius 2 is 1.86 bits per heavy atom. The fraction of sp³-hybridized carbons (Fsp3) is 0.389. The van der Waals surface area contributed by atoms with Gasteiger partial charge in [-0.25, -0.2) is 4.99 Å². The van der Waals surface area contributed by atoms with Crippen molar-refractivity contribution in [2.45, 2.75) is 33.2 Å². The molecule has 0 fully saturated rings. The maximum absolute atomic E-state index is 5.34. The molecular formula is C18H25N3O. The summed E-state index contributed by atoms with van der Waals surface area (Å²) in [6.07, 6.45) is 3.63. The lowest BCUT2D eigenvalue weighted by Crippen LogP contribution is -2.38. The normalized spacial score (nSPS) is 11.5. The van der Waals surface area contributed by atoms with Crippen molar-refractivity contribution in [1.29, 1.82) is 0 Å². The minimum absolute atomic E-state index is 0.681. The molecule has 0 aliphatic carbocycles. The fourth-order valence-corrected chi connectivity index (χ4v) is 2.04. The summed E-state index contributed by atoms with van der Waals surface area (Å²) in [7, 11) is 0. The van der Waals surface area contributed by atoms with Gasteiger partial charge in [-0.2, -0.15) is 0 Å². The average Bonchev–Trinajstić information content (AvgIpc) is 3.04. The number of nitrogens with zero attached hydrogens (tertiary/aromatic N) is 1. The van der Waals surface area contributed by atoms with Gasteiger partial charge in [-0.3, -0.25) is 0 Å². The van der Waals surface area contributed by atoms with Gasteiger partial charge in [-0.05, 0) is 31.0 Å². The number of hydrogen-bond donors (Lipinski definition) is 2. The number of nitrogens with one attached hydrogen (secondary N) is 2. The predicted octanol–water partition coefficient (Wildman–Crippen LogP) is 3.28. The van der Waals surface area contributed by atoms with E-state index in [-0.39, 0.29) is 0 Å². The smallest absolute Gasteiger partial charge is 0.191 e. The molecule has 0 aliphatic rings. The molecule has 4 heteroatoms. The highest BCUT2D eigenvalue weighted by Crippen LogP contribution is 2.04. The summed E-state index contributed by atoms with van der Waals surface area (Å²) in [5.74, 6) is 1.84. The van der Waals surface area contributed by atoms with Crippen LogP contribution in [-0.4, -0.2) is 19.0 Å². The Labute approximate surface area is 132 Å². The Balaban J connectivity index is 1.86. The molecule has 2 rings (SSSR count). The van der Waals surface area contributed by atoms with Crippen molar-refractivity contribution in [2.24, 2.45) is 4.99 Å². The fourth-order valence-electron chi connectivity index (χ4n) is 2.04. The molecule has 118 valence electrons. The first-order valence-electron chi connectivity index (χ1n) is 7.88. The Kier molecular flexibility index (Phi) is 6.55. The Bertz CT molecular complexity index is 559. The van der Waals surface area contributed by atoms with Crippen molar-refractivity contribution >= 4 is 5.96 Å². The number of rotatable bonds is 7. The third-order valence-corrected chi connectivity index (χ3v) is 3.33. The van der Waals surface area contributed by atoms with Crippen LogP contribution in [0.5, 0.6) is 0 Å². The van der Waals surface area contributed by atoms with E-state index in [1.807, 2.05) is 12.1 Å². The summed E-state index contributed by atoms with van der Waals surface area (Å²) >= 11 is 0. The summed E-state index contributed by atoms with van der Waals surface area (Å²) in [5.41, 5.74) is 2.49. The van der Waals surface area contributed by atoms with Gasteiger partial charge in [0.05, 0.1) is 12.8 Å². The van der Waals surface area contributed by atoms with Crippen LogP contribution in [-0.2, 0) is 13.0 Å². The maximum atomic E-state index is 5.34. The van der Waals surface area contributed by atoms with E-state index in [9.17, 15) is 0 Å². The molecule has 22 heavy (non-hydrogen) atoms. The summed E-state index contributed by atoms with van der Waals surface area (Å²) in [6, 6.07) is 12.4. The van der Waals surface area contributed by atoms with Crippen molar-refractivity contribution in [3.8, 4) is 0 Å². The Morgan fingerprint density at radius 3 is 2.55 bits per heavy atom. The van der Waals surface area contributed by atoms with Crippen LogP contribution in [0.3, 0.4) is 0 Å². The van der Waals surface area contributed by atoms with Crippen LogP contribution < -0.4 is 10.6 Å². The molecule has 0 amide bonds. The zero-order chi connectivity index (χ0) is 15.6. The number of furan rings is 1. The largest absolute Gasteiger partial charge is 0.469 e. The van der Waals surface area contributed by atoms with E-state index >= 15 is 0 Å². The van der Waals surface area contributed by atoms with E-state index in [0.717, 1.165) is 37.7 Å². The van der Waals surface area contributed by atoms with Gasteiger partial charge in [0.1, 0.15) is 5.76 Å². The van der Waals surface area contributed by atoms with Crippen LogP contribution in [0, 0.1) is 6.92 Å². The number of guanidine groups is 1. The number of aryl methyl sites for hydroxylation is 1. The second-order valence-corrected chi connectivity index (χ2v) is 5.33. The molecule has 1 aromatic heterocycles. The van der Waals surface area contributed by atoms with E-state index in [1.54, 1.807) is 6.26 Å². The van der Waals surface area contributed by atoms with E-state index < -0.39 is 0 Å². The topological polar surface area (TPSA) is 49.6 Å². The molecule has 0 spiro atoms. The molecule has 2 N–H and O–H groups in total. The molecule has 0 unspecified atom stereocenters. The first-order valence-corrected chi connectivity index (χ1v) is 7.88. The molecular weight excluding hydrogens is 274 g/mol. The van der Waals surface area contributed by atoms with Crippen LogP contribution in [0.4, 0.5) is 0 Å². The van der Waals surface area contributed by atoms with Gasteiger partial charge in [0, 0.05) is 19.5 Å². The van der Waals surface area contributed by atoms with Crippen molar-refractivity contribution < 1.29 is 4.42 Å². The molecule has 0 aliphatic heterocycles. The summed E-state index contributed by atoms with van der Waals surface area (Å²) in [6.45, 7) is 6.64. The van der Waals surface area contributed by atoms with Crippen molar-refractivity contribution in [1.82, 2.24) is 10.6 Å². The van der Waals surface area contributed by atoms with E-state index in [0.29, 0.717) is 6.54 Å². The number of benzene rings is 1. The molecule has 0 bridgehead atoms. The van der Waals surface area contributed by atoms with Crippen LogP contribution >= 0.6 is 0 Å². The quantitative estimate of drug-likeness (QED) is 0.609. The summed E-state index contributed by atoms with van der Waals surface area (Å²) in [5, 5.41) is 6.69. The van der Waals surface area contributed by atoms with Crippen molar-refractivity contribution in [2.75, 3.05) is 13.1 Å². The van der Waals surface area contributed by atoms with Crippen LogP contribution in [0.15, 0.2) is 52.1 Å². The molecule has 0 saturated carbocycles. The van der Waals surface area contributed by atoms with Crippen molar-refractivity contribution in [3.05, 3.63) is 59.5 Å². The third-order valence-electron chi connectivity index (χ3n) is 3.33. The summed E-state index contributed by atoms with van der Waals surface area (Å²) < 4.78 is 5.34. The second-order valence-electron chi connectivity index (χ2n) is 5.33. The molecule has 0 saturated heterocycles. The lowest BCUT2D eigenvalue weighted by Gasteiger charge is -2.11. The molecule has 0 atom stereocenters. The highest BCUT2D eigenvalue weighted by atomic mass is 16.3. The molecule has 1 aromatic carbocycles. The molecule has 2 aromatic rings. The lowest BCUT2D eigenvalue weighted by atomic mass is 10.1. The highest BCUT2D eigenvalue weighted by molar-refractivity contribution is 5.79. The molecule has 4 nitrogen and oxygen atoms in total. The SMILES string of the molecule is CCCNC(=NCc1ccc(C)cc1)NCCc1ccco1. The minimum atomic E-state index is 0.681. The minimum Gasteiger partial charge on any atom is -0.469 e.